The number of aromatic nitrogens is 4. The molecular weight excluding hydrogens is 302 g/mol. The molecule has 0 radical (unpaired) electrons. The van der Waals surface area contributed by atoms with Crippen LogP contribution in [0.25, 0.3) is 11.2 Å². The molecule has 4 rings (SSSR count). The summed E-state index contributed by atoms with van der Waals surface area (Å²) in [5.41, 5.74) is 0.975. The number of hydrogen-bond donors (Lipinski definition) is 1. The maximum atomic E-state index is 12.1. The van der Waals surface area contributed by atoms with Crippen LogP contribution in [-0.4, -0.2) is 43.2 Å². The largest absolute Gasteiger partial charge is 0.382 e. The van der Waals surface area contributed by atoms with E-state index in [4.69, 9.17) is 4.84 Å². The molecule has 0 bridgehead atoms. The van der Waals surface area contributed by atoms with E-state index in [0.717, 1.165) is 0 Å². The molecule has 23 heavy (non-hydrogen) atoms. The summed E-state index contributed by atoms with van der Waals surface area (Å²) in [5, 5.41) is 10.4. The fourth-order valence-electron chi connectivity index (χ4n) is 2.23. The van der Waals surface area contributed by atoms with Gasteiger partial charge in [-0.15, -0.1) is 5.10 Å². The average molecular weight is 309 g/mol. The number of nitrogens with one attached hydrogen (secondary N) is 1. The molecular formula is C14H7N5O4. The van der Waals surface area contributed by atoms with E-state index in [1.807, 2.05) is 0 Å². The molecule has 2 aromatic heterocycles. The van der Waals surface area contributed by atoms with Crippen LogP contribution >= 0.6 is 0 Å². The zero-order valence-corrected chi connectivity index (χ0v) is 11.4. The van der Waals surface area contributed by atoms with Crippen LogP contribution in [-0.2, 0) is 4.84 Å². The lowest BCUT2D eigenvalue weighted by molar-refractivity contribution is -0.0588. The van der Waals surface area contributed by atoms with E-state index in [1.165, 1.54) is 24.3 Å². The number of fused-ring (bicyclic) bond motifs is 2. The van der Waals surface area contributed by atoms with E-state index in [0.29, 0.717) is 10.6 Å². The smallest absolute Gasteiger partial charge is 0.323 e. The summed E-state index contributed by atoms with van der Waals surface area (Å²) in [5.74, 6) is -2.33. The van der Waals surface area contributed by atoms with Crippen molar-refractivity contribution in [3.63, 3.8) is 0 Å². The van der Waals surface area contributed by atoms with Gasteiger partial charge in [0.25, 0.3) is 11.8 Å². The number of hydrogen-bond acceptors (Lipinski definition) is 7. The number of rotatable bonds is 2. The van der Waals surface area contributed by atoms with Crippen molar-refractivity contribution in [1.82, 2.24) is 25.5 Å². The topological polar surface area (TPSA) is 118 Å². The molecule has 0 fully saturated rings. The van der Waals surface area contributed by atoms with E-state index in [9.17, 15) is 14.4 Å². The summed E-state index contributed by atoms with van der Waals surface area (Å²) in [6.07, 6.45) is 0. The van der Waals surface area contributed by atoms with Gasteiger partial charge in [-0.2, -0.15) is 10.3 Å². The van der Waals surface area contributed by atoms with Crippen LogP contribution in [0, 0.1) is 0 Å². The predicted molar refractivity (Wildman–Crippen MR) is 74.0 cm³/mol. The molecule has 0 atom stereocenters. The molecule has 1 aliphatic rings. The second kappa shape index (κ2) is 4.70. The Balaban J connectivity index is 1.62. The first-order valence-corrected chi connectivity index (χ1v) is 6.53. The van der Waals surface area contributed by atoms with Gasteiger partial charge in [0, 0.05) is 0 Å². The van der Waals surface area contributed by atoms with Gasteiger partial charge in [0.2, 0.25) is 5.65 Å². The third kappa shape index (κ3) is 1.94. The number of carbonyl (C=O) groups is 3. The Bertz CT molecular complexity index is 945. The molecule has 9 heteroatoms. The summed E-state index contributed by atoms with van der Waals surface area (Å²) in [6.45, 7) is 0. The van der Waals surface area contributed by atoms with Crippen LogP contribution < -0.4 is 0 Å². The fourth-order valence-corrected chi connectivity index (χ4v) is 2.23. The van der Waals surface area contributed by atoms with Crippen molar-refractivity contribution < 1.29 is 19.2 Å². The van der Waals surface area contributed by atoms with Gasteiger partial charge in [0.05, 0.1) is 11.1 Å². The lowest BCUT2D eigenvalue weighted by Crippen LogP contribution is -2.32. The molecule has 0 unspecified atom stereocenters. The molecule has 0 aliphatic carbocycles. The Kier molecular flexibility index (Phi) is 2.67. The molecule has 2 amide bonds. The number of H-pyrrole nitrogens is 1. The van der Waals surface area contributed by atoms with Gasteiger partial charge in [-0.3, -0.25) is 9.59 Å². The van der Waals surface area contributed by atoms with Crippen LogP contribution in [0.2, 0.25) is 0 Å². The second-order valence-electron chi connectivity index (χ2n) is 4.69. The van der Waals surface area contributed by atoms with Crippen molar-refractivity contribution >= 4 is 28.9 Å². The number of nitrogens with zero attached hydrogens (tertiary/aromatic N) is 4. The Hall–Kier alpha value is -3.62. The zero-order valence-electron chi connectivity index (χ0n) is 11.4. The van der Waals surface area contributed by atoms with Gasteiger partial charge in [-0.05, 0) is 24.3 Å². The van der Waals surface area contributed by atoms with E-state index in [-0.39, 0.29) is 22.5 Å². The van der Waals surface area contributed by atoms with Gasteiger partial charge in [0.15, 0.2) is 5.69 Å². The van der Waals surface area contributed by atoms with Crippen molar-refractivity contribution in [2.24, 2.45) is 0 Å². The maximum Gasteiger partial charge on any atom is 0.382 e. The van der Waals surface area contributed by atoms with Crippen LogP contribution in [0.5, 0.6) is 0 Å². The van der Waals surface area contributed by atoms with E-state index in [1.54, 1.807) is 12.1 Å². The first kappa shape index (κ1) is 13.1. The Morgan fingerprint density at radius 1 is 1.00 bits per heavy atom. The Labute approximate surface area is 127 Å². The highest BCUT2D eigenvalue weighted by atomic mass is 16.7. The number of benzene rings is 1. The first-order valence-electron chi connectivity index (χ1n) is 6.53. The van der Waals surface area contributed by atoms with E-state index < -0.39 is 17.8 Å². The lowest BCUT2D eigenvalue weighted by Gasteiger charge is -2.11. The SMILES string of the molecule is O=C(ON1C(=O)c2ccccc2C1=O)c1ccc2n[nH]nc2n1. The second-order valence-corrected chi connectivity index (χ2v) is 4.69. The van der Waals surface area contributed by atoms with E-state index >= 15 is 0 Å². The third-order valence-corrected chi connectivity index (χ3v) is 3.32. The van der Waals surface area contributed by atoms with Gasteiger partial charge >= 0.3 is 5.97 Å². The summed E-state index contributed by atoms with van der Waals surface area (Å²) >= 11 is 0. The van der Waals surface area contributed by atoms with Crippen LogP contribution in [0.1, 0.15) is 31.2 Å². The van der Waals surface area contributed by atoms with Crippen LogP contribution in [0.4, 0.5) is 0 Å². The minimum Gasteiger partial charge on any atom is -0.323 e. The minimum absolute atomic E-state index is 0.0945. The van der Waals surface area contributed by atoms with E-state index in [2.05, 4.69) is 20.4 Å². The number of hydroxylamine groups is 2. The summed E-state index contributed by atoms with van der Waals surface area (Å²) in [6, 6.07) is 9.10. The maximum absolute atomic E-state index is 12.1. The van der Waals surface area contributed by atoms with Gasteiger partial charge in [-0.1, -0.05) is 17.2 Å². The summed E-state index contributed by atoms with van der Waals surface area (Å²) in [7, 11) is 0. The highest BCUT2D eigenvalue weighted by Crippen LogP contribution is 2.23. The molecule has 9 nitrogen and oxygen atoms in total. The summed E-state index contributed by atoms with van der Waals surface area (Å²) in [4.78, 5) is 45.2. The number of pyridine rings is 1. The Morgan fingerprint density at radius 2 is 1.70 bits per heavy atom. The van der Waals surface area contributed by atoms with Gasteiger partial charge in [0.1, 0.15) is 5.52 Å². The normalized spacial score (nSPS) is 13.5. The molecule has 1 aliphatic heterocycles. The predicted octanol–water partition coefficient (Wildman–Crippen LogP) is 0.721. The first-order chi connectivity index (χ1) is 11.1. The minimum atomic E-state index is -0.940. The lowest BCUT2D eigenvalue weighted by atomic mass is 10.1. The van der Waals surface area contributed by atoms with Crippen molar-refractivity contribution in [3.05, 3.63) is 53.2 Å². The quantitative estimate of drug-likeness (QED) is 0.693. The van der Waals surface area contributed by atoms with Crippen molar-refractivity contribution in [3.8, 4) is 0 Å². The number of aromatic amines is 1. The monoisotopic (exact) mass is 309 g/mol. The molecule has 1 N–H and O–H groups in total. The Morgan fingerprint density at radius 3 is 2.39 bits per heavy atom. The number of amides is 2. The summed E-state index contributed by atoms with van der Waals surface area (Å²) < 4.78 is 0. The zero-order chi connectivity index (χ0) is 16.0. The molecule has 1 aromatic carbocycles. The third-order valence-electron chi connectivity index (χ3n) is 3.32. The number of imide groups is 1. The molecule has 0 saturated carbocycles. The fraction of sp³-hybridized carbons (Fsp3) is 0. The average Bonchev–Trinajstić information content (AvgIpc) is 3.13. The highest BCUT2D eigenvalue weighted by Gasteiger charge is 2.39. The molecule has 112 valence electrons. The number of carbonyl (C=O) groups excluding carboxylic acids is 3. The standard InChI is InChI=1S/C14H7N5O4/c20-12-7-3-1-2-4-8(7)13(21)19(12)23-14(22)10-6-5-9-11(15-10)17-18-16-9/h1-6H,(H,15,16,17,18). The molecule has 3 aromatic rings. The van der Waals surface area contributed by atoms with Crippen LogP contribution in [0.3, 0.4) is 0 Å². The van der Waals surface area contributed by atoms with Gasteiger partial charge < -0.3 is 4.84 Å². The van der Waals surface area contributed by atoms with Crippen molar-refractivity contribution in [2.45, 2.75) is 0 Å². The van der Waals surface area contributed by atoms with Gasteiger partial charge in [-0.25, -0.2) is 9.78 Å². The molecule has 3 heterocycles. The molecule has 0 spiro atoms. The van der Waals surface area contributed by atoms with Crippen LogP contribution in [0.15, 0.2) is 36.4 Å². The molecule has 0 saturated heterocycles. The van der Waals surface area contributed by atoms with Crippen molar-refractivity contribution in [1.29, 1.82) is 0 Å². The van der Waals surface area contributed by atoms with Crippen molar-refractivity contribution in [2.75, 3.05) is 0 Å². The highest BCUT2D eigenvalue weighted by molar-refractivity contribution is 6.21.